The number of halogens is 2. The number of nitrogens with zero attached hydrogens (tertiary/aromatic N) is 1. The zero-order chi connectivity index (χ0) is 18.2. The number of benzene rings is 2. The predicted octanol–water partition coefficient (Wildman–Crippen LogP) is 3.86. The molecule has 0 unspecified atom stereocenters. The minimum Gasteiger partial charge on any atom is -0.398 e. The van der Waals surface area contributed by atoms with Crippen molar-refractivity contribution in [1.29, 1.82) is 5.26 Å². The van der Waals surface area contributed by atoms with Gasteiger partial charge in [-0.15, -0.1) is 0 Å². The highest BCUT2D eigenvalue weighted by Crippen LogP contribution is 2.22. The van der Waals surface area contributed by atoms with Gasteiger partial charge in [0.2, 0.25) is 0 Å². The molecule has 4 N–H and O–H groups in total. The third-order valence-corrected chi connectivity index (χ3v) is 4.47. The number of hydrogen-bond acceptors (Lipinski definition) is 4. The van der Waals surface area contributed by atoms with Crippen LogP contribution in [0.15, 0.2) is 58.7 Å². The molecule has 1 amide bonds. The molecule has 0 fully saturated rings. The summed E-state index contributed by atoms with van der Waals surface area (Å²) >= 11 is 9.39. The first-order valence-corrected chi connectivity index (χ1v) is 8.62. The second-order valence-corrected chi connectivity index (χ2v) is 6.42. The third-order valence-electron chi connectivity index (χ3n) is 3.37. The summed E-state index contributed by atoms with van der Waals surface area (Å²) in [5.74, 6) is -0.517. The molecule has 7 heteroatoms. The highest BCUT2D eigenvalue weighted by atomic mass is 79.9. The Morgan fingerprint density at radius 3 is 2.76 bits per heavy atom. The van der Waals surface area contributed by atoms with E-state index in [4.69, 9.17) is 22.6 Å². The van der Waals surface area contributed by atoms with Crippen LogP contribution >= 0.6 is 27.5 Å². The van der Waals surface area contributed by atoms with Crippen molar-refractivity contribution in [1.82, 2.24) is 5.32 Å². The Morgan fingerprint density at radius 1 is 1.32 bits per heavy atom. The van der Waals surface area contributed by atoms with E-state index in [2.05, 4.69) is 26.6 Å². The number of nitrogen functional groups attached to an aromatic ring is 1. The molecule has 128 valence electrons. The second kappa shape index (κ2) is 9.11. The molecule has 2 aromatic rings. The first-order valence-electron chi connectivity index (χ1n) is 7.44. The summed E-state index contributed by atoms with van der Waals surface area (Å²) in [6, 6.07) is 14.5. The topological polar surface area (TPSA) is 90.9 Å². The van der Waals surface area contributed by atoms with Gasteiger partial charge < -0.3 is 16.4 Å². The maximum absolute atomic E-state index is 12.1. The molecule has 25 heavy (non-hydrogen) atoms. The summed E-state index contributed by atoms with van der Waals surface area (Å²) in [4.78, 5) is 12.1. The maximum Gasteiger partial charge on any atom is 0.267 e. The normalized spacial score (nSPS) is 10.8. The molecular weight excluding hydrogens is 404 g/mol. The number of nitrogens with one attached hydrogen (secondary N) is 2. The SMILES string of the molecule is N#C/C(=C/NCCc1ccccc1Br)C(=O)Nc1ccc(N)c(Cl)c1. The van der Waals surface area contributed by atoms with Crippen LogP contribution in [0, 0.1) is 11.3 Å². The molecule has 2 rings (SSSR count). The van der Waals surface area contributed by atoms with Crippen molar-refractivity contribution in [3.63, 3.8) is 0 Å². The number of rotatable bonds is 6. The van der Waals surface area contributed by atoms with Crippen LogP contribution in [0.3, 0.4) is 0 Å². The lowest BCUT2D eigenvalue weighted by Crippen LogP contribution is -2.18. The molecule has 0 saturated heterocycles. The Labute approximate surface area is 159 Å². The minimum absolute atomic E-state index is 0.0277. The molecule has 0 heterocycles. The third kappa shape index (κ3) is 5.52. The van der Waals surface area contributed by atoms with E-state index in [0.717, 1.165) is 16.5 Å². The number of nitriles is 1. The number of amides is 1. The van der Waals surface area contributed by atoms with Gasteiger partial charge in [0.05, 0.1) is 10.7 Å². The molecule has 5 nitrogen and oxygen atoms in total. The Morgan fingerprint density at radius 2 is 2.08 bits per heavy atom. The predicted molar refractivity (Wildman–Crippen MR) is 104 cm³/mol. The number of nitrogens with two attached hydrogens (primary N) is 1. The number of carbonyl (C=O) groups excluding carboxylic acids is 1. The van der Waals surface area contributed by atoms with E-state index >= 15 is 0 Å². The summed E-state index contributed by atoms with van der Waals surface area (Å²) in [5, 5.41) is 15.1. The van der Waals surface area contributed by atoms with E-state index in [1.807, 2.05) is 30.3 Å². The zero-order valence-corrected chi connectivity index (χ0v) is 15.6. The van der Waals surface area contributed by atoms with E-state index in [9.17, 15) is 4.79 Å². The monoisotopic (exact) mass is 418 g/mol. The van der Waals surface area contributed by atoms with Crippen molar-refractivity contribution >= 4 is 44.8 Å². The van der Waals surface area contributed by atoms with Gasteiger partial charge in [-0.3, -0.25) is 4.79 Å². The molecule has 0 aromatic heterocycles. The lowest BCUT2D eigenvalue weighted by atomic mass is 10.1. The molecule has 0 bridgehead atoms. The Bertz CT molecular complexity index is 845. The average molecular weight is 420 g/mol. The van der Waals surface area contributed by atoms with E-state index in [0.29, 0.717) is 22.9 Å². The van der Waals surface area contributed by atoms with Gasteiger partial charge in [-0.1, -0.05) is 45.7 Å². The summed E-state index contributed by atoms with van der Waals surface area (Å²) in [5.41, 5.74) is 7.63. The lowest BCUT2D eigenvalue weighted by Gasteiger charge is -2.07. The maximum atomic E-state index is 12.1. The van der Waals surface area contributed by atoms with Crippen LogP contribution < -0.4 is 16.4 Å². The fraction of sp³-hybridized carbons (Fsp3) is 0.111. The van der Waals surface area contributed by atoms with Crippen LogP contribution in [0.1, 0.15) is 5.56 Å². The van der Waals surface area contributed by atoms with Crippen molar-refractivity contribution in [2.24, 2.45) is 0 Å². The van der Waals surface area contributed by atoms with Crippen LogP contribution in [0.25, 0.3) is 0 Å². The van der Waals surface area contributed by atoms with E-state index in [-0.39, 0.29) is 5.57 Å². The second-order valence-electron chi connectivity index (χ2n) is 5.16. The van der Waals surface area contributed by atoms with Gasteiger partial charge in [0, 0.05) is 22.9 Å². The molecular formula is C18H16BrClN4O. The number of hydrogen-bond donors (Lipinski definition) is 3. The number of carbonyl (C=O) groups is 1. The van der Waals surface area contributed by atoms with Gasteiger partial charge >= 0.3 is 0 Å². The number of anilines is 2. The van der Waals surface area contributed by atoms with Crippen LogP contribution in [-0.2, 0) is 11.2 Å². The lowest BCUT2D eigenvalue weighted by molar-refractivity contribution is -0.112. The van der Waals surface area contributed by atoms with Crippen molar-refractivity contribution < 1.29 is 4.79 Å². The van der Waals surface area contributed by atoms with Gasteiger partial charge in [-0.2, -0.15) is 5.26 Å². The van der Waals surface area contributed by atoms with Gasteiger partial charge in [-0.25, -0.2) is 0 Å². The van der Waals surface area contributed by atoms with Crippen LogP contribution in [0.5, 0.6) is 0 Å². The molecule has 0 aliphatic carbocycles. The van der Waals surface area contributed by atoms with Gasteiger partial charge in [0.25, 0.3) is 5.91 Å². The van der Waals surface area contributed by atoms with Crippen molar-refractivity contribution in [2.45, 2.75) is 6.42 Å². The highest BCUT2D eigenvalue weighted by Gasteiger charge is 2.10. The average Bonchev–Trinajstić information content (AvgIpc) is 2.59. The fourth-order valence-corrected chi connectivity index (χ4v) is 2.70. The highest BCUT2D eigenvalue weighted by molar-refractivity contribution is 9.10. The van der Waals surface area contributed by atoms with Crippen molar-refractivity contribution in [3.8, 4) is 6.07 Å². The van der Waals surface area contributed by atoms with Gasteiger partial charge in [0.15, 0.2) is 0 Å². The zero-order valence-electron chi connectivity index (χ0n) is 13.2. The van der Waals surface area contributed by atoms with Crippen LogP contribution in [0.2, 0.25) is 5.02 Å². The Balaban J connectivity index is 1.92. The van der Waals surface area contributed by atoms with Crippen LogP contribution in [-0.4, -0.2) is 12.5 Å². The quantitative estimate of drug-likeness (QED) is 0.287. The molecule has 0 radical (unpaired) electrons. The minimum atomic E-state index is -0.517. The molecule has 2 aromatic carbocycles. The summed E-state index contributed by atoms with van der Waals surface area (Å²) < 4.78 is 1.03. The first kappa shape index (κ1) is 18.8. The molecule has 0 saturated carbocycles. The smallest absolute Gasteiger partial charge is 0.267 e. The standard InChI is InChI=1S/C18H16BrClN4O/c19-15-4-2-1-3-12(15)7-8-23-11-13(10-21)18(25)24-14-5-6-17(22)16(20)9-14/h1-6,9,11,23H,7-8,22H2,(H,24,25)/b13-11-. The van der Waals surface area contributed by atoms with Gasteiger partial charge in [0.1, 0.15) is 11.6 Å². The summed E-state index contributed by atoms with van der Waals surface area (Å²) in [6.45, 7) is 0.592. The fourth-order valence-electron chi connectivity index (χ4n) is 2.03. The summed E-state index contributed by atoms with van der Waals surface area (Å²) in [7, 11) is 0. The first-order chi connectivity index (χ1) is 12.0. The molecule has 0 spiro atoms. The van der Waals surface area contributed by atoms with Gasteiger partial charge in [-0.05, 0) is 36.2 Å². The van der Waals surface area contributed by atoms with Crippen LogP contribution in [0.4, 0.5) is 11.4 Å². The molecule has 0 aliphatic rings. The summed E-state index contributed by atoms with van der Waals surface area (Å²) in [6.07, 6.45) is 2.16. The molecule has 0 aliphatic heterocycles. The Kier molecular flexibility index (Phi) is 6.87. The Hall–Kier alpha value is -2.49. The van der Waals surface area contributed by atoms with Crippen molar-refractivity contribution in [3.05, 3.63) is 69.3 Å². The van der Waals surface area contributed by atoms with E-state index < -0.39 is 5.91 Å². The largest absolute Gasteiger partial charge is 0.398 e. The van der Waals surface area contributed by atoms with Crippen molar-refractivity contribution in [2.75, 3.05) is 17.6 Å². The molecule has 0 atom stereocenters. The van der Waals surface area contributed by atoms with E-state index in [1.165, 1.54) is 12.3 Å². The van der Waals surface area contributed by atoms with E-state index in [1.54, 1.807) is 12.1 Å².